The summed E-state index contributed by atoms with van der Waals surface area (Å²) in [6, 6.07) is 6.31. The Kier molecular flexibility index (Phi) is 2.66. The first-order valence-corrected chi connectivity index (χ1v) is 3.91. The lowest BCUT2D eigenvalue weighted by Gasteiger charge is -2.03. The molecular weight excluding hydrogens is 136 g/mol. The molecule has 0 bridgehead atoms. The standard InChI is InChI=1S/C10H14O/c1-8-3-4-10(5-6-11)9(2)7-8/h3-4,7,11H,5-6H2,1-2H3. The molecule has 0 aliphatic rings. The predicted molar refractivity (Wildman–Crippen MR) is 46.7 cm³/mol. The maximum absolute atomic E-state index is 8.71. The molecular formula is C10H14O. The fraction of sp³-hybridized carbons (Fsp3) is 0.400. The van der Waals surface area contributed by atoms with E-state index in [0.717, 1.165) is 6.42 Å². The Balaban J connectivity index is 2.90. The van der Waals surface area contributed by atoms with Crippen LogP contribution < -0.4 is 0 Å². The molecule has 0 aliphatic carbocycles. The maximum atomic E-state index is 8.71. The highest BCUT2D eigenvalue weighted by Gasteiger charge is 1.95. The van der Waals surface area contributed by atoms with Gasteiger partial charge in [-0.15, -0.1) is 0 Å². The van der Waals surface area contributed by atoms with Crippen molar-refractivity contribution in [3.8, 4) is 0 Å². The molecule has 0 aromatic heterocycles. The molecule has 1 heteroatoms. The first-order chi connectivity index (χ1) is 5.24. The van der Waals surface area contributed by atoms with Crippen LogP contribution in [-0.4, -0.2) is 11.7 Å². The van der Waals surface area contributed by atoms with Crippen LogP contribution in [0.4, 0.5) is 0 Å². The Morgan fingerprint density at radius 3 is 2.55 bits per heavy atom. The smallest absolute Gasteiger partial charge is 0.0471 e. The number of aliphatic hydroxyl groups is 1. The summed E-state index contributed by atoms with van der Waals surface area (Å²) in [4.78, 5) is 0. The van der Waals surface area contributed by atoms with Gasteiger partial charge in [-0.2, -0.15) is 0 Å². The first kappa shape index (κ1) is 8.28. The van der Waals surface area contributed by atoms with Crippen molar-refractivity contribution in [2.24, 2.45) is 0 Å². The summed E-state index contributed by atoms with van der Waals surface area (Å²) in [5.41, 5.74) is 3.81. The number of aliphatic hydroxyl groups excluding tert-OH is 1. The number of hydrogen-bond donors (Lipinski definition) is 1. The van der Waals surface area contributed by atoms with Crippen molar-refractivity contribution in [1.29, 1.82) is 0 Å². The summed E-state index contributed by atoms with van der Waals surface area (Å²) in [6.07, 6.45) is 0.770. The summed E-state index contributed by atoms with van der Waals surface area (Å²) in [6.45, 7) is 4.40. The molecule has 1 rings (SSSR count). The Morgan fingerprint density at radius 1 is 1.27 bits per heavy atom. The summed E-state index contributed by atoms with van der Waals surface area (Å²) < 4.78 is 0. The summed E-state index contributed by atoms with van der Waals surface area (Å²) in [5.74, 6) is 0. The maximum Gasteiger partial charge on any atom is 0.0471 e. The summed E-state index contributed by atoms with van der Waals surface area (Å²) in [5, 5.41) is 8.71. The molecule has 0 atom stereocenters. The van der Waals surface area contributed by atoms with Crippen LogP contribution in [-0.2, 0) is 6.42 Å². The predicted octanol–water partition coefficient (Wildman–Crippen LogP) is 1.84. The zero-order valence-corrected chi connectivity index (χ0v) is 7.09. The molecule has 1 aromatic rings. The van der Waals surface area contributed by atoms with Crippen LogP contribution in [0.3, 0.4) is 0 Å². The van der Waals surface area contributed by atoms with Gasteiger partial charge in [0.25, 0.3) is 0 Å². The average Bonchev–Trinajstić information content (AvgIpc) is 1.95. The normalized spacial score (nSPS) is 10.1. The van der Waals surface area contributed by atoms with Crippen LogP contribution in [0.1, 0.15) is 16.7 Å². The fourth-order valence-electron chi connectivity index (χ4n) is 1.25. The third-order valence-corrected chi connectivity index (χ3v) is 1.88. The van der Waals surface area contributed by atoms with Crippen molar-refractivity contribution < 1.29 is 5.11 Å². The van der Waals surface area contributed by atoms with Gasteiger partial charge in [0, 0.05) is 6.61 Å². The molecule has 0 saturated heterocycles. The summed E-state index contributed by atoms with van der Waals surface area (Å²) >= 11 is 0. The molecule has 0 heterocycles. The van der Waals surface area contributed by atoms with Gasteiger partial charge >= 0.3 is 0 Å². The van der Waals surface area contributed by atoms with Crippen molar-refractivity contribution in [1.82, 2.24) is 0 Å². The molecule has 1 nitrogen and oxygen atoms in total. The van der Waals surface area contributed by atoms with Crippen LogP contribution in [0.5, 0.6) is 0 Å². The molecule has 0 spiro atoms. The molecule has 60 valence electrons. The minimum atomic E-state index is 0.240. The van der Waals surface area contributed by atoms with Gasteiger partial charge in [-0.3, -0.25) is 0 Å². The van der Waals surface area contributed by atoms with Gasteiger partial charge in [0.15, 0.2) is 0 Å². The second-order valence-electron chi connectivity index (χ2n) is 2.90. The van der Waals surface area contributed by atoms with Gasteiger partial charge in [0.1, 0.15) is 0 Å². The van der Waals surface area contributed by atoms with Crippen molar-refractivity contribution in [2.45, 2.75) is 20.3 Å². The Morgan fingerprint density at radius 2 is 2.00 bits per heavy atom. The van der Waals surface area contributed by atoms with E-state index in [1.165, 1.54) is 16.7 Å². The van der Waals surface area contributed by atoms with Crippen molar-refractivity contribution in [3.63, 3.8) is 0 Å². The van der Waals surface area contributed by atoms with E-state index in [1.54, 1.807) is 0 Å². The van der Waals surface area contributed by atoms with Gasteiger partial charge < -0.3 is 5.11 Å². The molecule has 0 fully saturated rings. The van der Waals surface area contributed by atoms with Crippen LogP contribution in [0, 0.1) is 13.8 Å². The average molecular weight is 150 g/mol. The Labute approximate surface area is 67.7 Å². The van der Waals surface area contributed by atoms with E-state index in [1.807, 2.05) is 0 Å². The SMILES string of the molecule is Cc1ccc(CCO)c(C)c1. The van der Waals surface area contributed by atoms with E-state index in [2.05, 4.69) is 32.0 Å². The van der Waals surface area contributed by atoms with E-state index in [4.69, 9.17) is 5.11 Å². The minimum absolute atomic E-state index is 0.240. The molecule has 0 amide bonds. The molecule has 0 saturated carbocycles. The largest absolute Gasteiger partial charge is 0.396 e. The van der Waals surface area contributed by atoms with E-state index >= 15 is 0 Å². The highest BCUT2D eigenvalue weighted by atomic mass is 16.2. The molecule has 1 N–H and O–H groups in total. The Hall–Kier alpha value is -0.820. The fourth-order valence-corrected chi connectivity index (χ4v) is 1.25. The van der Waals surface area contributed by atoms with Gasteiger partial charge in [-0.05, 0) is 31.4 Å². The third kappa shape index (κ3) is 2.05. The minimum Gasteiger partial charge on any atom is -0.396 e. The quantitative estimate of drug-likeness (QED) is 0.682. The highest BCUT2D eigenvalue weighted by Crippen LogP contribution is 2.10. The van der Waals surface area contributed by atoms with E-state index in [-0.39, 0.29) is 6.61 Å². The number of benzene rings is 1. The Bertz CT molecular complexity index is 241. The molecule has 0 aliphatic heterocycles. The highest BCUT2D eigenvalue weighted by molar-refractivity contribution is 5.30. The second kappa shape index (κ2) is 3.54. The number of rotatable bonds is 2. The van der Waals surface area contributed by atoms with E-state index in [9.17, 15) is 0 Å². The lowest BCUT2D eigenvalue weighted by atomic mass is 10.0. The van der Waals surface area contributed by atoms with Crippen molar-refractivity contribution >= 4 is 0 Å². The summed E-state index contributed by atoms with van der Waals surface area (Å²) in [7, 11) is 0. The monoisotopic (exact) mass is 150 g/mol. The topological polar surface area (TPSA) is 20.2 Å². The zero-order valence-electron chi connectivity index (χ0n) is 7.09. The van der Waals surface area contributed by atoms with Crippen LogP contribution >= 0.6 is 0 Å². The van der Waals surface area contributed by atoms with Gasteiger partial charge in [0.05, 0.1) is 0 Å². The number of aryl methyl sites for hydroxylation is 2. The third-order valence-electron chi connectivity index (χ3n) is 1.88. The molecule has 11 heavy (non-hydrogen) atoms. The lowest BCUT2D eigenvalue weighted by molar-refractivity contribution is 0.299. The van der Waals surface area contributed by atoms with Crippen LogP contribution in [0.15, 0.2) is 18.2 Å². The van der Waals surface area contributed by atoms with Crippen LogP contribution in [0.25, 0.3) is 0 Å². The molecule has 0 radical (unpaired) electrons. The van der Waals surface area contributed by atoms with E-state index < -0.39 is 0 Å². The van der Waals surface area contributed by atoms with Crippen molar-refractivity contribution in [2.75, 3.05) is 6.61 Å². The molecule has 1 aromatic carbocycles. The van der Waals surface area contributed by atoms with Gasteiger partial charge in [-0.25, -0.2) is 0 Å². The first-order valence-electron chi connectivity index (χ1n) is 3.91. The van der Waals surface area contributed by atoms with Gasteiger partial charge in [-0.1, -0.05) is 23.8 Å². The van der Waals surface area contributed by atoms with Gasteiger partial charge in [0.2, 0.25) is 0 Å². The van der Waals surface area contributed by atoms with E-state index in [0.29, 0.717) is 0 Å². The second-order valence-corrected chi connectivity index (χ2v) is 2.90. The van der Waals surface area contributed by atoms with Crippen LogP contribution in [0.2, 0.25) is 0 Å². The molecule has 0 unspecified atom stereocenters. The van der Waals surface area contributed by atoms with Crippen molar-refractivity contribution in [3.05, 3.63) is 34.9 Å². The number of hydrogen-bond acceptors (Lipinski definition) is 1. The zero-order chi connectivity index (χ0) is 8.27. The lowest BCUT2D eigenvalue weighted by Crippen LogP contribution is -1.93.